The molecule has 0 saturated heterocycles. The molecule has 4 nitrogen and oxygen atoms in total. The first-order chi connectivity index (χ1) is 9.65. The van der Waals surface area contributed by atoms with Gasteiger partial charge in [-0.3, -0.25) is 4.57 Å². The number of imidazole rings is 1. The fourth-order valence-electron chi connectivity index (χ4n) is 2.29. The van der Waals surface area contributed by atoms with Crippen LogP contribution in [-0.2, 0) is 13.6 Å². The summed E-state index contributed by atoms with van der Waals surface area (Å²) < 4.78 is 14.9. The SMILES string of the molecule is CN(Cc1ccc(F)cc1)c1nc2cccnc2n1C. The maximum atomic E-state index is 12.9. The van der Waals surface area contributed by atoms with Gasteiger partial charge < -0.3 is 4.90 Å². The molecule has 102 valence electrons. The number of fused-ring (bicyclic) bond motifs is 1. The summed E-state index contributed by atoms with van der Waals surface area (Å²) in [5.41, 5.74) is 2.76. The van der Waals surface area contributed by atoms with E-state index in [1.807, 2.05) is 35.7 Å². The van der Waals surface area contributed by atoms with E-state index in [0.29, 0.717) is 6.54 Å². The largest absolute Gasteiger partial charge is 0.341 e. The van der Waals surface area contributed by atoms with Crippen molar-refractivity contribution in [2.24, 2.45) is 7.05 Å². The highest BCUT2D eigenvalue weighted by molar-refractivity contribution is 5.74. The quantitative estimate of drug-likeness (QED) is 0.734. The van der Waals surface area contributed by atoms with Crippen molar-refractivity contribution in [3.8, 4) is 0 Å². The molecule has 0 aliphatic heterocycles. The van der Waals surface area contributed by atoms with Crippen molar-refractivity contribution in [3.05, 3.63) is 54.0 Å². The Morgan fingerprint density at radius 2 is 1.95 bits per heavy atom. The lowest BCUT2D eigenvalue weighted by Gasteiger charge is -2.18. The Morgan fingerprint density at radius 1 is 1.20 bits per heavy atom. The summed E-state index contributed by atoms with van der Waals surface area (Å²) in [6, 6.07) is 10.3. The molecule has 0 atom stereocenters. The monoisotopic (exact) mass is 270 g/mol. The number of rotatable bonds is 3. The summed E-state index contributed by atoms with van der Waals surface area (Å²) >= 11 is 0. The van der Waals surface area contributed by atoms with Gasteiger partial charge in [-0.1, -0.05) is 12.1 Å². The smallest absolute Gasteiger partial charge is 0.207 e. The zero-order valence-corrected chi connectivity index (χ0v) is 11.4. The molecule has 3 rings (SSSR count). The van der Waals surface area contributed by atoms with Gasteiger partial charge in [0.1, 0.15) is 11.3 Å². The molecular weight excluding hydrogens is 255 g/mol. The molecule has 0 unspecified atom stereocenters. The Bertz CT molecular complexity index is 733. The van der Waals surface area contributed by atoms with Crippen LogP contribution < -0.4 is 4.90 Å². The summed E-state index contributed by atoms with van der Waals surface area (Å²) in [7, 11) is 3.91. The van der Waals surface area contributed by atoms with Crippen LogP contribution in [0, 0.1) is 5.82 Å². The maximum absolute atomic E-state index is 12.9. The van der Waals surface area contributed by atoms with Gasteiger partial charge in [0.15, 0.2) is 5.65 Å². The summed E-state index contributed by atoms with van der Waals surface area (Å²) in [5.74, 6) is 0.617. The van der Waals surface area contributed by atoms with Gasteiger partial charge in [0, 0.05) is 26.8 Å². The molecule has 0 aliphatic rings. The minimum atomic E-state index is -0.219. The zero-order chi connectivity index (χ0) is 14.1. The summed E-state index contributed by atoms with van der Waals surface area (Å²) in [4.78, 5) is 10.9. The molecule has 1 aromatic carbocycles. The summed E-state index contributed by atoms with van der Waals surface area (Å²) in [5, 5.41) is 0. The van der Waals surface area contributed by atoms with Crippen molar-refractivity contribution in [3.63, 3.8) is 0 Å². The number of aromatic nitrogens is 3. The van der Waals surface area contributed by atoms with Crippen LogP contribution in [-0.4, -0.2) is 21.6 Å². The third-order valence-electron chi connectivity index (χ3n) is 3.28. The normalized spacial score (nSPS) is 10.9. The van der Waals surface area contributed by atoms with Crippen LogP contribution in [0.2, 0.25) is 0 Å². The summed E-state index contributed by atoms with van der Waals surface area (Å²) in [6.07, 6.45) is 1.76. The highest BCUT2D eigenvalue weighted by Crippen LogP contribution is 2.19. The van der Waals surface area contributed by atoms with Crippen LogP contribution >= 0.6 is 0 Å². The van der Waals surface area contributed by atoms with Crippen LogP contribution in [0.3, 0.4) is 0 Å². The standard InChI is InChI=1S/C15H15FN4/c1-19(10-11-5-7-12(16)8-6-11)15-18-13-4-3-9-17-14(13)20(15)2/h3-9H,10H2,1-2H3. The third kappa shape index (κ3) is 2.22. The van der Waals surface area contributed by atoms with Crippen LogP contribution in [0.1, 0.15) is 5.56 Å². The number of hydrogen-bond donors (Lipinski definition) is 0. The lowest BCUT2D eigenvalue weighted by Crippen LogP contribution is -2.20. The Balaban J connectivity index is 1.90. The molecule has 20 heavy (non-hydrogen) atoms. The van der Waals surface area contributed by atoms with Crippen LogP contribution in [0.5, 0.6) is 0 Å². The Labute approximate surface area is 116 Å². The molecular formula is C15H15FN4. The number of halogens is 1. The van der Waals surface area contributed by atoms with E-state index in [2.05, 4.69) is 9.97 Å². The number of nitrogens with zero attached hydrogens (tertiary/aromatic N) is 4. The van der Waals surface area contributed by atoms with Crippen molar-refractivity contribution in [2.75, 3.05) is 11.9 Å². The fraction of sp³-hybridized carbons (Fsp3) is 0.200. The van der Waals surface area contributed by atoms with Crippen molar-refractivity contribution in [1.29, 1.82) is 0 Å². The van der Waals surface area contributed by atoms with E-state index in [-0.39, 0.29) is 5.82 Å². The molecule has 0 radical (unpaired) electrons. The molecule has 0 aliphatic carbocycles. The second-order valence-corrected chi connectivity index (χ2v) is 4.80. The Morgan fingerprint density at radius 3 is 2.65 bits per heavy atom. The molecule has 2 aromatic heterocycles. The highest BCUT2D eigenvalue weighted by Gasteiger charge is 2.12. The molecule has 2 heterocycles. The van der Waals surface area contributed by atoms with E-state index < -0.39 is 0 Å². The van der Waals surface area contributed by atoms with Gasteiger partial charge in [0.05, 0.1) is 0 Å². The molecule has 0 amide bonds. The van der Waals surface area contributed by atoms with E-state index >= 15 is 0 Å². The van der Waals surface area contributed by atoms with Crippen LogP contribution in [0.25, 0.3) is 11.2 Å². The van der Waals surface area contributed by atoms with Crippen molar-refractivity contribution in [2.45, 2.75) is 6.54 Å². The predicted molar refractivity (Wildman–Crippen MR) is 77.0 cm³/mol. The number of hydrogen-bond acceptors (Lipinski definition) is 3. The lowest BCUT2D eigenvalue weighted by molar-refractivity contribution is 0.626. The van der Waals surface area contributed by atoms with Crippen molar-refractivity contribution in [1.82, 2.24) is 14.5 Å². The number of aryl methyl sites for hydroxylation is 1. The summed E-state index contributed by atoms with van der Waals surface area (Å²) in [6.45, 7) is 0.664. The first-order valence-corrected chi connectivity index (χ1v) is 6.38. The van der Waals surface area contributed by atoms with Crippen LogP contribution in [0.15, 0.2) is 42.6 Å². The van der Waals surface area contributed by atoms with Gasteiger partial charge in [-0.05, 0) is 29.8 Å². The molecule has 0 fully saturated rings. The van der Waals surface area contributed by atoms with Crippen molar-refractivity contribution >= 4 is 17.1 Å². The van der Waals surface area contributed by atoms with Gasteiger partial charge in [0.2, 0.25) is 5.95 Å². The van der Waals surface area contributed by atoms with Gasteiger partial charge in [-0.2, -0.15) is 0 Å². The van der Waals surface area contributed by atoms with E-state index in [4.69, 9.17) is 0 Å². The molecule has 0 N–H and O–H groups in total. The minimum Gasteiger partial charge on any atom is -0.341 e. The fourth-order valence-corrected chi connectivity index (χ4v) is 2.29. The van der Waals surface area contributed by atoms with Gasteiger partial charge in [-0.25, -0.2) is 14.4 Å². The number of benzene rings is 1. The van der Waals surface area contributed by atoms with Gasteiger partial charge in [-0.15, -0.1) is 0 Å². The van der Waals surface area contributed by atoms with E-state index in [9.17, 15) is 4.39 Å². The zero-order valence-electron chi connectivity index (χ0n) is 11.4. The molecule has 0 saturated carbocycles. The minimum absolute atomic E-state index is 0.219. The average molecular weight is 270 g/mol. The second-order valence-electron chi connectivity index (χ2n) is 4.80. The highest BCUT2D eigenvalue weighted by atomic mass is 19.1. The van der Waals surface area contributed by atoms with E-state index in [1.165, 1.54) is 12.1 Å². The lowest BCUT2D eigenvalue weighted by atomic mass is 10.2. The van der Waals surface area contributed by atoms with E-state index in [1.54, 1.807) is 18.3 Å². The molecule has 0 spiro atoms. The van der Waals surface area contributed by atoms with Gasteiger partial charge in [0.25, 0.3) is 0 Å². The molecule has 0 bridgehead atoms. The first-order valence-electron chi connectivity index (χ1n) is 6.38. The van der Waals surface area contributed by atoms with E-state index in [0.717, 1.165) is 22.7 Å². The number of anilines is 1. The second kappa shape index (κ2) is 4.92. The average Bonchev–Trinajstić information content (AvgIpc) is 2.79. The predicted octanol–water partition coefficient (Wildman–Crippen LogP) is 2.74. The Hall–Kier alpha value is -2.43. The van der Waals surface area contributed by atoms with Crippen LogP contribution in [0.4, 0.5) is 10.3 Å². The number of pyridine rings is 1. The maximum Gasteiger partial charge on any atom is 0.207 e. The molecule has 3 aromatic rings. The molecule has 5 heteroatoms. The Kier molecular flexibility index (Phi) is 3.10. The topological polar surface area (TPSA) is 34.0 Å². The third-order valence-corrected chi connectivity index (χ3v) is 3.28. The first kappa shape index (κ1) is 12.6. The van der Waals surface area contributed by atoms with Crippen molar-refractivity contribution < 1.29 is 4.39 Å². The van der Waals surface area contributed by atoms with Gasteiger partial charge >= 0.3 is 0 Å².